The molecule has 86 valence electrons. The van der Waals surface area contributed by atoms with Gasteiger partial charge in [-0.15, -0.1) is 0 Å². The van der Waals surface area contributed by atoms with Crippen molar-refractivity contribution in [3.05, 3.63) is 0 Å². The van der Waals surface area contributed by atoms with Crippen LogP contribution < -0.4 is 5.32 Å². The van der Waals surface area contributed by atoms with E-state index < -0.39 is 0 Å². The number of nitrogens with one attached hydrogen (secondary N) is 1. The summed E-state index contributed by atoms with van der Waals surface area (Å²) in [5.41, 5.74) is 0. The first-order valence-electron chi connectivity index (χ1n) is 5.94. The fourth-order valence-corrected chi connectivity index (χ4v) is 2.42. The number of amides is 2. The smallest absolute Gasteiger partial charge is 0.320 e. The molecule has 2 amide bonds. The minimum absolute atomic E-state index is 0.244. The molecule has 2 rings (SSSR count). The van der Waals surface area contributed by atoms with Crippen molar-refractivity contribution in [1.82, 2.24) is 15.1 Å². The van der Waals surface area contributed by atoms with E-state index in [0.29, 0.717) is 12.0 Å². The normalized spacial score (nSPS) is 32.1. The van der Waals surface area contributed by atoms with Gasteiger partial charge in [-0.1, -0.05) is 6.92 Å². The minimum Gasteiger partial charge on any atom is -0.324 e. The molecule has 0 saturated carbocycles. The first kappa shape index (κ1) is 10.7. The molecule has 15 heavy (non-hydrogen) atoms. The number of nitrogens with zero attached hydrogens (tertiary/aromatic N) is 2. The SMILES string of the molecule is CC1CCN(C(=O)N2CCNCC2C)C1. The van der Waals surface area contributed by atoms with Crippen molar-refractivity contribution in [2.75, 3.05) is 32.7 Å². The summed E-state index contributed by atoms with van der Waals surface area (Å²) in [6, 6.07) is 0.579. The van der Waals surface area contributed by atoms with Gasteiger partial charge in [0, 0.05) is 38.8 Å². The molecule has 0 aromatic rings. The molecule has 2 atom stereocenters. The Balaban J connectivity index is 1.94. The molecule has 0 spiro atoms. The van der Waals surface area contributed by atoms with Crippen molar-refractivity contribution in [2.45, 2.75) is 26.3 Å². The van der Waals surface area contributed by atoms with E-state index >= 15 is 0 Å². The molecule has 2 saturated heterocycles. The lowest BCUT2D eigenvalue weighted by Crippen LogP contribution is -2.55. The van der Waals surface area contributed by atoms with Crippen LogP contribution in [0.4, 0.5) is 4.79 Å². The number of hydrogen-bond donors (Lipinski definition) is 1. The number of carbonyl (C=O) groups excluding carboxylic acids is 1. The highest BCUT2D eigenvalue weighted by Crippen LogP contribution is 2.18. The van der Waals surface area contributed by atoms with E-state index in [1.807, 2.05) is 9.80 Å². The minimum atomic E-state index is 0.244. The summed E-state index contributed by atoms with van der Waals surface area (Å²) in [7, 11) is 0. The molecule has 1 N–H and O–H groups in total. The number of hydrogen-bond acceptors (Lipinski definition) is 2. The Kier molecular flexibility index (Phi) is 3.14. The van der Waals surface area contributed by atoms with E-state index in [4.69, 9.17) is 0 Å². The van der Waals surface area contributed by atoms with Crippen LogP contribution in [-0.2, 0) is 0 Å². The fourth-order valence-electron chi connectivity index (χ4n) is 2.42. The number of rotatable bonds is 0. The zero-order valence-electron chi connectivity index (χ0n) is 9.70. The molecule has 4 heteroatoms. The molecule has 0 aromatic heterocycles. The van der Waals surface area contributed by atoms with Gasteiger partial charge in [0.25, 0.3) is 0 Å². The molecule has 2 fully saturated rings. The molecule has 2 aliphatic rings. The Labute approximate surface area is 91.6 Å². The Bertz CT molecular complexity index is 244. The highest BCUT2D eigenvalue weighted by Gasteiger charge is 2.30. The van der Waals surface area contributed by atoms with Crippen molar-refractivity contribution in [1.29, 1.82) is 0 Å². The van der Waals surface area contributed by atoms with Gasteiger partial charge in [0.2, 0.25) is 0 Å². The van der Waals surface area contributed by atoms with Crippen LogP contribution in [0, 0.1) is 5.92 Å². The maximum Gasteiger partial charge on any atom is 0.320 e. The van der Waals surface area contributed by atoms with Gasteiger partial charge in [-0.2, -0.15) is 0 Å². The van der Waals surface area contributed by atoms with E-state index in [2.05, 4.69) is 19.2 Å². The van der Waals surface area contributed by atoms with E-state index in [1.54, 1.807) is 0 Å². The summed E-state index contributed by atoms with van der Waals surface area (Å²) < 4.78 is 0. The predicted octanol–water partition coefficient (Wildman–Crippen LogP) is 0.742. The monoisotopic (exact) mass is 211 g/mol. The second-order valence-electron chi connectivity index (χ2n) is 4.87. The lowest BCUT2D eigenvalue weighted by atomic mass is 10.2. The molecule has 4 nitrogen and oxygen atoms in total. The largest absolute Gasteiger partial charge is 0.324 e. The summed E-state index contributed by atoms with van der Waals surface area (Å²) in [6.45, 7) is 8.92. The van der Waals surface area contributed by atoms with Crippen molar-refractivity contribution in [2.24, 2.45) is 5.92 Å². The van der Waals surface area contributed by atoms with Gasteiger partial charge in [0.05, 0.1) is 0 Å². The number of urea groups is 1. The van der Waals surface area contributed by atoms with Crippen LogP contribution in [0.3, 0.4) is 0 Å². The fraction of sp³-hybridized carbons (Fsp3) is 0.909. The highest BCUT2D eigenvalue weighted by molar-refractivity contribution is 5.75. The Morgan fingerprint density at radius 3 is 2.73 bits per heavy atom. The van der Waals surface area contributed by atoms with Crippen LogP contribution in [-0.4, -0.2) is 54.6 Å². The Morgan fingerprint density at radius 1 is 1.33 bits per heavy atom. The van der Waals surface area contributed by atoms with Crippen molar-refractivity contribution in [3.8, 4) is 0 Å². The summed E-state index contributed by atoms with van der Waals surface area (Å²) in [5, 5.41) is 3.31. The van der Waals surface area contributed by atoms with Crippen molar-refractivity contribution >= 4 is 6.03 Å². The average molecular weight is 211 g/mol. The van der Waals surface area contributed by atoms with E-state index in [1.165, 1.54) is 0 Å². The molecular formula is C11H21N3O. The van der Waals surface area contributed by atoms with Gasteiger partial charge in [0.15, 0.2) is 0 Å². The standard InChI is InChI=1S/C11H21N3O/c1-9-3-5-13(8-9)11(15)14-6-4-12-7-10(14)2/h9-10,12H,3-8H2,1-2H3. The first-order chi connectivity index (χ1) is 7.18. The van der Waals surface area contributed by atoms with Crippen molar-refractivity contribution < 1.29 is 4.79 Å². The topological polar surface area (TPSA) is 35.6 Å². The average Bonchev–Trinajstić information content (AvgIpc) is 2.65. The maximum absolute atomic E-state index is 12.2. The first-order valence-corrected chi connectivity index (χ1v) is 5.94. The van der Waals surface area contributed by atoms with Crippen LogP contribution in [0.1, 0.15) is 20.3 Å². The Hall–Kier alpha value is -0.770. The number of piperazine rings is 1. The number of likely N-dealkylation sites (tertiary alicyclic amines) is 1. The summed E-state index contributed by atoms with van der Waals surface area (Å²) >= 11 is 0. The van der Waals surface area contributed by atoms with E-state index in [9.17, 15) is 4.79 Å². The lowest BCUT2D eigenvalue weighted by Gasteiger charge is -2.36. The summed E-state index contributed by atoms with van der Waals surface area (Å²) in [4.78, 5) is 16.2. The van der Waals surface area contributed by atoms with Gasteiger partial charge >= 0.3 is 6.03 Å². The Morgan fingerprint density at radius 2 is 2.13 bits per heavy atom. The number of carbonyl (C=O) groups is 1. The molecule has 0 radical (unpaired) electrons. The maximum atomic E-state index is 12.2. The second kappa shape index (κ2) is 4.39. The third-order valence-electron chi connectivity index (χ3n) is 3.44. The third kappa shape index (κ3) is 2.25. The van der Waals surface area contributed by atoms with Gasteiger partial charge in [-0.25, -0.2) is 4.79 Å². The third-order valence-corrected chi connectivity index (χ3v) is 3.44. The van der Waals surface area contributed by atoms with Crippen LogP contribution in [0.5, 0.6) is 0 Å². The van der Waals surface area contributed by atoms with E-state index in [-0.39, 0.29) is 6.03 Å². The van der Waals surface area contributed by atoms with Gasteiger partial charge < -0.3 is 15.1 Å². The molecule has 0 aliphatic carbocycles. The molecule has 2 aliphatic heterocycles. The zero-order chi connectivity index (χ0) is 10.8. The van der Waals surface area contributed by atoms with Gasteiger partial charge in [-0.05, 0) is 19.3 Å². The van der Waals surface area contributed by atoms with Crippen LogP contribution >= 0.6 is 0 Å². The lowest BCUT2D eigenvalue weighted by molar-refractivity contribution is 0.132. The predicted molar refractivity (Wildman–Crippen MR) is 59.8 cm³/mol. The van der Waals surface area contributed by atoms with Crippen LogP contribution in [0.25, 0.3) is 0 Å². The second-order valence-corrected chi connectivity index (χ2v) is 4.87. The van der Waals surface area contributed by atoms with Crippen LogP contribution in [0.15, 0.2) is 0 Å². The van der Waals surface area contributed by atoms with E-state index in [0.717, 1.165) is 39.1 Å². The van der Waals surface area contributed by atoms with Crippen molar-refractivity contribution in [3.63, 3.8) is 0 Å². The summed E-state index contributed by atoms with van der Waals surface area (Å²) in [5.74, 6) is 0.673. The molecule has 2 heterocycles. The van der Waals surface area contributed by atoms with Gasteiger partial charge in [0.1, 0.15) is 0 Å². The molecule has 2 unspecified atom stereocenters. The van der Waals surface area contributed by atoms with Gasteiger partial charge in [-0.3, -0.25) is 0 Å². The molecular weight excluding hydrogens is 190 g/mol. The highest BCUT2D eigenvalue weighted by atomic mass is 16.2. The quantitative estimate of drug-likeness (QED) is 0.641. The summed E-state index contributed by atoms with van der Waals surface area (Å²) in [6.07, 6.45) is 1.16. The van der Waals surface area contributed by atoms with Crippen LogP contribution in [0.2, 0.25) is 0 Å². The molecule has 0 aromatic carbocycles. The molecule has 0 bridgehead atoms. The zero-order valence-corrected chi connectivity index (χ0v) is 9.70.